The lowest BCUT2D eigenvalue weighted by Crippen LogP contribution is -2.53. The summed E-state index contributed by atoms with van der Waals surface area (Å²) in [7, 11) is 0. The summed E-state index contributed by atoms with van der Waals surface area (Å²) in [5.74, 6) is -2.38. The Morgan fingerprint density at radius 2 is 1.63 bits per heavy atom. The van der Waals surface area contributed by atoms with Gasteiger partial charge in [0.25, 0.3) is 0 Å². The average Bonchev–Trinajstić information content (AvgIpc) is 2.87. The number of benzene rings is 2. The summed E-state index contributed by atoms with van der Waals surface area (Å²) in [5, 5.41) is 7.12. The summed E-state index contributed by atoms with van der Waals surface area (Å²) < 4.78 is 43.6. The van der Waals surface area contributed by atoms with Gasteiger partial charge in [0, 0.05) is 19.6 Å². The summed E-state index contributed by atoms with van der Waals surface area (Å²) >= 11 is 0. The zero-order valence-electron chi connectivity index (χ0n) is 21.9. The van der Waals surface area contributed by atoms with Crippen molar-refractivity contribution in [3.8, 4) is 0 Å². The molecule has 0 aromatic heterocycles. The summed E-state index contributed by atoms with van der Waals surface area (Å²) in [5.41, 5.74) is 2.99. The quantitative estimate of drug-likeness (QED) is 0.444. The topological polar surface area (TPSA) is 76.1 Å². The molecular formula is C29H36F3NO5. The van der Waals surface area contributed by atoms with Crippen LogP contribution in [0.1, 0.15) is 73.4 Å². The maximum absolute atomic E-state index is 12.6. The van der Waals surface area contributed by atoms with Crippen LogP contribution in [0.4, 0.5) is 13.2 Å². The Kier molecular flexibility index (Phi) is 10.3. The van der Waals surface area contributed by atoms with Gasteiger partial charge in [0.15, 0.2) is 0 Å². The standard InChI is InChI=1S/C27H35NO3.C2HF3O2/c1-27(2)20-28(17-21-9-5-3-6-10-21)18-25(31-27)19-30-26(29)24-15-13-23(14-16-24)22-11-7-4-8-12-22;3-2(4,5)1(6)7/h3,5-6,9-10,13-16,22,25H,4,7-8,11-12,17-20H2,1-2H3;(H,6,7). The van der Waals surface area contributed by atoms with Gasteiger partial charge in [0.2, 0.25) is 0 Å². The van der Waals surface area contributed by atoms with Gasteiger partial charge in [-0.05, 0) is 55.9 Å². The van der Waals surface area contributed by atoms with Gasteiger partial charge in [0.1, 0.15) is 12.7 Å². The number of hydrogen-bond acceptors (Lipinski definition) is 5. The Labute approximate surface area is 221 Å². The molecule has 4 rings (SSSR count). The minimum atomic E-state index is -5.08. The molecule has 2 fully saturated rings. The molecular weight excluding hydrogens is 499 g/mol. The lowest BCUT2D eigenvalue weighted by molar-refractivity contribution is -0.192. The van der Waals surface area contributed by atoms with E-state index in [9.17, 15) is 18.0 Å². The molecule has 1 atom stereocenters. The number of hydrogen-bond donors (Lipinski definition) is 1. The first-order valence-corrected chi connectivity index (χ1v) is 12.9. The molecule has 1 aliphatic heterocycles. The van der Waals surface area contributed by atoms with Crippen molar-refractivity contribution in [2.75, 3.05) is 19.7 Å². The normalized spacial score (nSPS) is 20.2. The highest BCUT2D eigenvalue weighted by Crippen LogP contribution is 2.32. The lowest BCUT2D eigenvalue weighted by Gasteiger charge is -2.42. The van der Waals surface area contributed by atoms with Gasteiger partial charge in [-0.15, -0.1) is 0 Å². The zero-order chi connectivity index (χ0) is 27.8. The van der Waals surface area contributed by atoms with Crippen LogP contribution in [0.25, 0.3) is 0 Å². The Balaban J connectivity index is 0.000000505. The second-order valence-electron chi connectivity index (χ2n) is 10.5. The fraction of sp³-hybridized carbons (Fsp3) is 0.517. The molecule has 2 aromatic rings. The summed E-state index contributed by atoms with van der Waals surface area (Å²) in [6, 6.07) is 18.5. The van der Waals surface area contributed by atoms with Crippen LogP contribution in [0, 0.1) is 0 Å². The van der Waals surface area contributed by atoms with Crippen molar-refractivity contribution in [3.63, 3.8) is 0 Å². The number of carbonyl (C=O) groups excluding carboxylic acids is 1. The highest BCUT2D eigenvalue weighted by atomic mass is 19.4. The third-order valence-corrected chi connectivity index (χ3v) is 6.67. The number of carbonyl (C=O) groups is 2. The molecule has 1 aliphatic carbocycles. The van der Waals surface area contributed by atoms with E-state index in [2.05, 4.69) is 55.1 Å². The number of rotatable bonds is 6. The fourth-order valence-electron chi connectivity index (χ4n) is 5.04. The first kappa shape index (κ1) is 29.6. The molecule has 0 bridgehead atoms. The molecule has 1 saturated carbocycles. The Morgan fingerprint density at radius 1 is 1.03 bits per heavy atom. The van der Waals surface area contributed by atoms with Crippen molar-refractivity contribution in [2.45, 2.75) is 76.3 Å². The van der Waals surface area contributed by atoms with Gasteiger partial charge in [-0.3, -0.25) is 4.90 Å². The second-order valence-corrected chi connectivity index (χ2v) is 10.5. The molecule has 0 radical (unpaired) electrons. The van der Waals surface area contributed by atoms with Crippen molar-refractivity contribution < 1.29 is 37.3 Å². The number of alkyl halides is 3. The first-order chi connectivity index (χ1) is 17.9. The number of ether oxygens (including phenoxy) is 2. The number of aliphatic carboxylic acids is 1. The fourth-order valence-corrected chi connectivity index (χ4v) is 5.04. The van der Waals surface area contributed by atoms with Crippen LogP contribution in [0.2, 0.25) is 0 Å². The average molecular weight is 536 g/mol. The smallest absolute Gasteiger partial charge is 0.475 e. The van der Waals surface area contributed by atoms with E-state index in [1.54, 1.807) is 0 Å². The highest BCUT2D eigenvalue weighted by Gasteiger charge is 2.38. The van der Waals surface area contributed by atoms with Gasteiger partial charge in [-0.2, -0.15) is 13.2 Å². The third kappa shape index (κ3) is 9.44. The maximum atomic E-state index is 12.6. The van der Waals surface area contributed by atoms with Crippen molar-refractivity contribution in [2.24, 2.45) is 0 Å². The molecule has 0 amide bonds. The van der Waals surface area contributed by atoms with Crippen molar-refractivity contribution in [1.82, 2.24) is 4.90 Å². The van der Waals surface area contributed by atoms with Gasteiger partial charge in [-0.1, -0.05) is 61.7 Å². The van der Waals surface area contributed by atoms with Crippen molar-refractivity contribution in [3.05, 3.63) is 71.3 Å². The summed E-state index contributed by atoms with van der Waals surface area (Å²) in [6.07, 6.45) is 1.29. The van der Waals surface area contributed by atoms with Crippen LogP contribution in [-0.4, -0.2) is 59.5 Å². The largest absolute Gasteiger partial charge is 0.490 e. The maximum Gasteiger partial charge on any atom is 0.490 e. The van der Waals surface area contributed by atoms with Crippen LogP contribution in [0.3, 0.4) is 0 Å². The van der Waals surface area contributed by atoms with Gasteiger partial charge in [-0.25, -0.2) is 9.59 Å². The Hall–Kier alpha value is -2.91. The number of nitrogens with zero attached hydrogens (tertiary/aromatic N) is 1. The molecule has 2 aliphatic rings. The van der Waals surface area contributed by atoms with E-state index in [4.69, 9.17) is 19.4 Å². The predicted molar refractivity (Wildman–Crippen MR) is 137 cm³/mol. The van der Waals surface area contributed by atoms with Crippen LogP contribution in [-0.2, 0) is 20.8 Å². The van der Waals surface area contributed by atoms with E-state index >= 15 is 0 Å². The Bertz CT molecular complexity index is 1030. The first-order valence-electron chi connectivity index (χ1n) is 12.9. The van der Waals surface area contributed by atoms with E-state index < -0.39 is 12.1 Å². The predicted octanol–water partition coefficient (Wildman–Crippen LogP) is 6.20. The van der Waals surface area contributed by atoms with Crippen LogP contribution in [0.5, 0.6) is 0 Å². The summed E-state index contributed by atoms with van der Waals surface area (Å²) in [6.45, 7) is 6.96. The van der Waals surface area contributed by atoms with E-state index in [0.717, 1.165) is 19.6 Å². The van der Waals surface area contributed by atoms with Gasteiger partial charge in [0.05, 0.1) is 11.2 Å². The molecule has 38 heavy (non-hydrogen) atoms. The van der Waals surface area contributed by atoms with E-state index in [0.29, 0.717) is 11.5 Å². The van der Waals surface area contributed by atoms with Crippen molar-refractivity contribution >= 4 is 11.9 Å². The number of halogens is 3. The van der Waals surface area contributed by atoms with Crippen LogP contribution in [0.15, 0.2) is 54.6 Å². The number of carboxylic acids is 1. The molecule has 1 N–H and O–H groups in total. The second kappa shape index (κ2) is 13.2. The number of morpholine rings is 1. The number of esters is 1. The Morgan fingerprint density at radius 3 is 2.21 bits per heavy atom. The highest BCUT2D eigenvalue weighted by molar-refractivity contribution is 5.89. The van der Waals surface area contributed by atoms with Gasteiger partial charge < -0.3 is 14.6 Å². The minimum absolute atomic E-state index is 0.127. The van der Waals surface area contributed by atoms with Crippen LogP contribution < -0.4 is 0 Å². The molecule has 1 unspecified atom stereocenters. The SMILES string of the molecule is CC1(C)CN(Cc2ccccc2)CC(COC(=O)c2ccc(C3CCCCC3)cc2)O1.O=C(O)C(F)(F)F. The zero-order valence-corrected chi connectivity index (χ0v) is 21.9. The van der Waals surface area contributed by atoms with Crippen molar-refractivity contribution in [1.29, 1.82) is 0 Å². The lowest BCUT2D eigenvalue weighted by atomic mass is 9.84. The van der Waals surface area contributed by atoms with Crippen LogP contribution >= 0.6 is 0 Å². The van der Waals surface area contributed by atoms with E-state index in [1.807, 2.05) is 18.2 Å². The number of carboxylic acid groups (broad SMARTS) is 1. The molecule has 6 nitrogen and oxygen atoms in total. The third-order valence-electron chi connectivity index (χ3n) is 6.67. The molecule has 1 saturated heterocycles. The minimum Gasteiger partial charge on any atom is -0.475 e. The molecule has 208 valence electrons. The summed E-state index contributed by atoms with van der Waals surface area (Å²) in [4.78, 5) is 23.9. The molecule has 9 heteroatoms. The molecule has 1 heterocycles. The van der Waals surface area contributed by atoms with Gasteiger partial charge >= 0.3 is 18.1 Å². The molecule has 2 aromatic carbocycles. The monoisotopic (exact) mass is 535 g/mol. The molecule has 0 spiro atoms. The van der Waals surface area contributed by atoms with E-state index in [-0.39, 0.29) is 24.3 Å². The van der Waals surface area contributed by atoms with E-state index in [1.165, 1.54) is 43.2 Å².